The molecular formula is C20H21F2N3O3. The minimum atomic E-state index is -3.07. The van der Waals surface area contributed by atoms with Crippen LogP contribution >= 0.6 is 0 Å². The third-order valence-electron chi connectivity index (χ3n) is 4.41. The van der Waals surface area contributed by atoms with Gasteiger partial charge in [-0.1, -0.05) is 18.2 Å². The van der Waals surface area contributed by atoms with E-state index in [1.54, 1.807) is 13.1 Å². The lowest BCUT2D eigenvalue weighted by atomic mass is 10.1. The van der Waals surface area contributed by atoms with Crippen molar-refractivity contribution >= 4 is 16.9 Å². The van der Waals surface area contributed by atoms with Gasteiger partial charge in [-0.05, 0) is 31.2 Å². The van der Waals surface area contributed by atoms with Gasteiger partial charge in [0.05, 0.1) is 30.3 Å². The van der Waals surface area contributed by atoms with Crippen LogP contribution < -0.4 is 9.47 Å². The van der Waals surface area contributed by atoms with Crippen molar-refractivity contribution in [2.75, 3.05) is 14.2 Å². The summed E-state index contributed by atoms with van der Waals surface area (Å²) in [5.74, 6) is 0.0317. The fraction of sp³-hybridized carbons (Fsp3) is 0.300. The van der Waals surface area contributed by atoms with E-state index in [4.69, 9.17) is 4.74 Å². The average Bonchev–Trinajstić information content (AvgIpc) is 3.04. The Morgan fingerprint density at radius 1 is 1.21 bits per heavy atom. The lowest BCUT2D eigenvalue weighted by Gasteiger charge is -2.20. The van der Waals surface area contributed by atoms with E-state index in [1.165, 1.54) is 24.1 Å². The van der Waals surface area contributed by atoms with Gasteiger partial charge in [0.25, 0.3) is 5.91 Å². The third-order valence-corrected chi connectivity index (χ3v) is 4.41. The number of carbonyl (C=O) groups excluding carboxylic acids is 1. The van der Waals surface area contributed by atoms with Crippen LogP contribution in [0.25, 0.3) is 11.0 Å². The quantitative estimate of drug-likeness (QED) is 0.614. The van der Waals surface area contributed by atoms with Gasteiger partial charge in [-0.3, -0.25) is 4.79 Å². The van der Waals surface area contributed by atoms with Crippen LogP contribution in [-0.2, 0) is 13.1 Å². The molecule has 0 unspecified atom stereocenters. The van der Waals surface area contributed by atoms with Gasteiger partial charge < -0.3 is 18.9 Å². The number of fused-ring (bicyclic) bond motifs is 1. The Morgan fingerprint density at radius 3 is 2.64 bits per heavy atom. The molecule has 1 amide bonds. The topological polar surface area (TPSA) is 56.6 Å². The van der Waals surface area contributed by atoms with E-state index < -0.39 is 12.5 Å². The predicted octanol–water partition coefficient (Wildman–Crippen LogP) is 3.94. The summed E-state index contributed by atoms with van der Waals surface area (Å²) in [4.78, 5) is 19.0. The number of nitrogens with zero attached hydrogens (tertiary/aromatic N) is 3. The summed E-state index contributed by atoms with van der Waals surface area (Å²) < 4.78 is 37.3. The van der Waals surface area contributed by atoms with Gasteiger partial charge in [-0.15, -0.1) is 0 Å². The number of benzene rings is 2. The standard InChI is InChI=1S/C20H21F2N3O3/c1-4-25-15-10-6-5-9-14(15)23-17(25)12-24(2)19(26)13-8-7-11-16(27-3)18(13)28-20(21)22/h5-11,20H,4,12H2,1-3H3. The van der Waals surface area contributed by atoms with E-state index in [0.29, 0.717) is 12.4 Å². The first-order valence-electron chi connectivity index (χ1n) is 8.77. The maximum absolute atomic E-state index is 12.9. The van der Waals surface area contributed by atoms with Crippen LogP contribution in [-0.4, -0.2) is 41.1 Å². The SMILES string of the molecule is CCn1c(CN(C)C(=O)c2cccc(OC)c2OC(F)F)nc2ccccc21. The van der Waals surface area contributed by atoms with E-state index in [0.717, 1.165) is 11.0 Å². The Hall–Kier alpha value is -3.16. The minimum absolute atomic E-state index is 0.00121. The number of alkyl halides is 2. The molecule has 3 aromatic rings. The molecule has 0 saturated heterocycles. The number of aromatic nitrogens is 2. The highest BCUT2D eigenvalue weighted by atomic mass is 19.3. The number of hydrogen-bond acceptors (Lipinski definition) is 4. The van der Waals surface area contributed by atoms with Crippen molar-refractivity contribution in [3.8, 4) is 11.5 Å². The second kappa shape index (κ2) is 8.24. The maximum Gasteiger partial charge on any atom is 0.387 e. The summed E-state index contributed by atoms with van der Waals surface area (Å²) >= 11 is 0. The monoisotopic (exact) mass is 389 g/mol. The molecule has 0 aliphatic carbocycles. The molecule has 3 rings (SSSR count). The number of methoxy groups -OCH3 is 1. The van der Waals surface area contributed by atoms with Crippen molar-refractivity contribution in [1.82, 2.24) is 14.5 Å². The van der Waals surface area contributed by atoms with Crippen molar-refractivity contribution in [3.05, 3.63) is 53.9 Å². The van der Waals surface area contributed by atoms with Crippen molar-refractivity contribution in [1.29, 1.82) is 0 Å². The molecular weight excluding hydrogens is 368 g/mol. The maximum atomic E-state index is 12.9. The number of imidazole rings is 1. The first kappa shape index (κ1) is 19.6. The summed E-state index contributed by atoms with van der Waals surface area (Å²) in [5.41, 5.74) is 1.81. The molecule has 0 bridgehead atoms. The van der Waals surface area contributed by atoms with Crippen molar-refractivity contribution in [2.45, 2.75) is 26.6 Å². The Labute approximate surface area is 161 Å². The Morgan fingerprint density at radius 2 is 1.96 bits per heavy atom. The van der Waals surface area contributed by atoms with E-state index in [-0.39, 0.29) is 23.6 Å². The number of para-hydroxylation sites is 3. The zero-order chi connectivity index (χ0) is 20.3. The van der Waals surface area contributed by atoms with E-state index in [9.17, 15) is 13.6 Å². The Bertz CT molecular complexity index is 988. The summed E-state index contributed by atoms with van der Waals surface area (Å²) in [6, 6.07) is 12.2. The molecule has 0 fully saturated rings. The van der Waals surface area contributed by atoms with Gasteiger partial charge in [-0.25, -0.2) is 4.98 Å². The molecule has 6 nitrogen and oxygen atoms in total. The van der Waals surface area contributed by atoms with Gasteiger partial charge in [0.15, 0.2) is 11.5 Å². The van der Waals surface area contributed by atoms with E-state index >= 15 is 0 Å². The number of hydrogen-bond donors (Lipinski definition) is 0. The second-order valence-corrected chi connectivity index (χ2v) is 6.14. The largest absolute Gasteiger partial charge is 0.493 e. The van der Waals surface area contributed by atoms with Gasteiger partial charge >= 0.3 is 6.61 Å². The number of amides is 1. The smallest absolute Gasteiger partial charge is 0.387 e. The Kier molecular flexibility index (Phi) is 5.77. The van der Waals surface area contributed by atoms with Crippen LogP contribution in [0.5, 0.6) is 11.5 Å². The third kappa shape index (κ3) is 3.76. The molecule has 0 atom stereocenters. The summed E-state index contributed by atoms with van der Waals surface area (Å²) in [7, 11) is 2.92. The Balaban J connectivity index is 1.92. The van der Waals surface area contributed by atoms with Crippen molar-refractivity contribution in [3.63, 3.8) is 0 Å². The van der Waals surface area contributed by atoms with Gasteiger partial charge in [0.2, 0.25) is 0 Å². The van der Waals surface area contributed by atoms with Crippen LogP contribution in [0.1, 0.15) is 23.1 Å². The summed E-state index contributed by atoms with van der Waals surface area (Å²) in [6.45, 7) is -0.169. The van der Waals surface area contributed by atoms with Gasteiger partial charge in [0, 0.05) is 13.6 Å². The van der Waals surface area contributed by atoms with Crippen LogP contribution in [0.2, 0.25) is 0 Å². The lowest BCUT2D eigenvalue weighted by Crippen LogP contribution is -2.28. The predicted molar refractivity (Wildman–Crippen MR) is 101 cm³/mol. The lowest BCUT2D eigenvalue weighted by molar-refractivity contribution is -0.0516. The highest BCUT2D eigenvalue weighted by Gasteiger charge is 2.24. The number of halogens is 2. The molecule has 148 valence electrons. The fourth-order valence-electron chi connectivity index (χ4n) is 3.14. The molecule has 1 heterocycles. The molecule has 1 aromatic heterocycles. The van der Waals surface area contributed by atoms with Crippen LogP contribution in [0.4, 0.5) is 8.78 Å². The van der Waals surface area contributed by atoms with Crippen molar-refractivity contribution in [2.24, 2.45) is 0 Å². The van der Waals surface area contributed by atoms with E-state index in [2.05, 4.69) is 9.72 Å². The van der Waals surface area contributed by atoms with Crippen molar-refractivity contribution < 1.29 is 23.0 Å². The molecule has 0 aliphatic rings. The van der Waals surface area contributed by atoms with E-state index in [1.807, 2.05) is 35.8 Å². The second-order valence-electron chi connectivity index (χ2n) is 6.14. The molecule has 0 aliphatic heterocycles. The number of aryl methyl sites for hydroxylation is 1. The highest BCUT2D eigenvalue weighted by Crippen LogP contribution is 2.33. The molecule has 0 spiro atoms. The van der Waals surface area contributed by atoms with Gasteiger partial charge in [0.1, 0.15) is 5.82 Å². The first-order chi connectivity index (χ1) is 13.5. The van der Waals surface area contributed by atoms with Crippen LogP contribution in [0, 0.1) is 0 Å². The molecule has 28 heavy (non-hydrogen) atoms. The highest BCUT2D eigenvalue weighted by molar-refractivity contribution is 5.97. The molecule has 0 radical (unpaired) electrons. The van der Waals surface area contributed by atoms with Gasteiger partial charge in [-0.2, -0.15) is 8.78 Å². The molecule has 2 aromatic carbocycles. The minimum Gasteiger partial charge on any atom is -0.493 e. The zero-order valence-corrected chi connectivity index (χ0v) is 15.9. The number of ether oxygens (including phenoxy) is 2. The molecule has 8 heteroatoms. The van der Waals surface area contributed by atoms with Crippen LogP contribution in [0.15, 0.2) is 42.5 Å². The summed E-state index contributed by atoms with van der Waals surface area (Å²) in [5, 5.41) is 0. The molecule has 0 saturated carbocycles. The number of carbonyl (C=O) groups is 1. The number of rotatable bonds is 7. The molecule has 0 N–H and O–H groups in total. The normalized spacial score (nSPS) is 11.1. The van der Waals surface area contributed by atoms with Crippen LogP contribution in [0.3, 0.4) is 0 Å². The zero-order valence-electron chi connectivity index (χ0n) is 15.9. The average molecular weight is 389 g/mol. The summed E-state index contributed by atoms with van der Waals surface area (Å²) in [6.07, 6.45) is 0. The first-order valence-corrected chi connectivity index (χ1v) is 8.77. The fourth-order valence-corrected chi connectivity index (χ4v) is 3.14.